The molecular weight excluding hydrogens is 265 g/mol. The number of piperazine rings is 1. The van der Waals surface area contributed by atoms with Gasteiger partial charge in [-0.2, -0.15) is 0 Å². The largest absolute Gasteiger partial charge is 0.366 e. The molecule has 0 saturated carbocycles. The number of nitrogens with one attached hydrogen (secondary N) is 1. The first-order valence-corrected chi connectivity index (χ1v) is 8.07. The van der Waals surface area contributed by atoms with Crippen molar-refractivity contribution in [3.63, 3.8) is 0 Å². The lowest BCUT2D eigenvalue weighted by molar-refractivity contribution is 0.270. The van der Waals surface area contributed by atoms with E-state index in [0.29, 0.717) is 5.92 Å². The zero-order valence-corrected chi connectivity index (χ0v) is 13.5. The van der Waals surface area contributed by atoms with Gasteiger partial charge in [-0.15, -0.1) is 0 Å². The van der Waals surface area contributed by atoms with Gasteiger partial charge in [-0.25, -0.2) is 4.39 Å². The number of hydrogen-bond donors (Lipinski definition) is 1. The topological polar surface area (TPSA) is 18.5 Å². The molecule has 0 bridgehead atoms. The zero-order valence-electron chi connectivity index (χ0n) is 13.5. The third-order valence-corrected chi connectivity index (χ3v) is 4.07. The Kier molecular flexibility index (Phi) is 6.00. The first-order valence-electron chi connectivity index (χ1n) is 8.07. The van der Waals surface area contributed by atoms with Gasteiger partial charge in [0.25, 0.3) is 0 Å². The summed E-state index contributed by atoms with van der Waals surface area (Å²) in [6, 6.07) is 5.43. The fraction of sp³-hybridized carbons (Fsp3) is 0.647. The molecule has 1 aromatic rings. The third kappa shape index (κ3) is 4.42. The third-order valence-electron chi connectivity index (χ3n) is 4.07. The van der Waals surface area contributed by atoms with E-state index in [1.54, 1.807) is 6.07 Å². The number of likely N-dealkylation sites (N-methyl/N-ethyl adjacent to an activating group) is 1. The van der Waals surface area contributed by atoms with Crippen LogP contribution in [0, 0.1) is 11.7 Å². The van der Waals surface area contributed by atoms with Crippen LogP contribution in [0.15, 0.2) is 18.2 Å². The maximum Gasteiger partial charge on any atom is 0.146 e. The number of hydrogen-bond acceptors (Lipinski definition) is 3. The lowest BCUT2D eigenvalue weighted by Crippen LogP contribution is -2.46. The van der Waals surface area contributed by atoms with Crippen molar-refractivity contribution in [1.29, 1.82) is 0 Å². The van der Waals surface area contributed by atoms with Crippen LogP contribution in [0.1, 0.15) is 26.3 Å². The van der Waals surface area contributed by atoms with Crippen molar-refractivity contribution in [3.8, 4) is 0 Å². The van der Waals surface area contributed by atoms with Crippen molar-refractivity contribution in [2.45, 2.75) is 27.3 Å². The predicted molar refractivity (Wildman–Crippen MR) is 87.3 cm³/mol. The highest BCUT2D eigenvalue weighted by atomic mass is 19.1. The van der Waals surface area contributed by atoms with Gasteiger partial charge in [0, 0.05) is 32.7 Å². The van der Waals surface area contributed by atoms with Crippen LogP contribution in [-0.4, -0.2) is 44.2 Å². The Labute approximate surface area is 128 Å². The van der Waals surface area contributed by atoms with E-state index in [0.717, 1.165) is 57.1 Å². The van der Waals surface area contributed by atoms with Gasteiger partial charge < -0.3 is 15.1 Å². The lowest BCUT2D eigenvalue weighted by Gasteiger charge is -2.36. The highest BCUT2D eigenvalue weighted by Gasteiger charge is 2.20. The second-order valence-corrected chi connectivity index (χ2v) is 6.19. The van der Waals surface area contributed by atoms with Gasteiger partial charge in [0.15, 0.2) is 0 Å². The summed E-state index contributed by atoms with van der Waals surface area (Å²) in [5, 5.41) is 3.42. The molecule has 3 nitrogen and oxygen atoms in total. The molecule has 2 rings (SSSR count). The second kappa shape index (κ2) is 7.76. The van der Waals surface area contributed by atoms with Crippen LogP contribution in [0.4, 0.5) is 10.1 Å². The molecule has 0 unspecified atom stereocenters. The molecule has 1 saturated heterocycles. The Bertz CT molecular complexity index is 440. The summed E-state index contributed by atoms with van der Waals surface area (Å²) in [6.45, 7) is 13.2. The first kappa shape index (κ1) is 16.2. The summed E-state index contributed by atoms with van der Waals surface area (Å²) in [6.07, 6.45) is 0. The van der Waals surface area contributed by atoms with Gasteiger partial charge in [0.05, 0.1) is 5.69 Å². The van der Waals surface area contributed by atoms with Crippen molar-refractivity contribution in [1.82, 2.24) is 10.2 Å². The SMILES string of the molecule is CCN1CCN(c2c(F)cccc2CNCC(C)C)CC1. The van der Waals surface area contributed by atoms with Crippen molar-refractivity contribution < 1.29 is 4.39 Å². The van der Waals surface area contributed by atoms with E-state index in [1.807, 2.05) is 12.1 Å². The molecule has 0 amide bonds. The van der Waals surface area contributed by atoms with E-state index < -0.39 is 0 Å². The van der Waals surface area contributed by atoms with E-state index in [4.69, 9.17) is 0 Å². The number of rotatable bonds is 6. The molecule has 1 aliphatic heterocycles. The van der Waals surface area contributed by atoms with E-state index in [-0.39, 0.29) is 5.82 Å². The van der Waals surface area contributed by atoms with E-state index in [2.05, 4.69) is 35.9 Å². The van der Waals surface area contributed by atoms with Gasteiger partial charge in [-0.3, -0.25) is 0 Å². The summed E-state index contributed by atoms with van der Waals surface area (Å²) in [5.74, 6) is 0.513. The minimum atomic E-state index is -0.0937. The number of halogens is 1. The fourth-order valence-corrected chi connectivity index (χ4v) is 2.84. The molecule has 0 spiro atoms. The van der Waals surface area contributed by atoms with Crippen LogP contribution in [-0.2, 0) is 6.54 Å². The van der Waals surface area contributed by atoms with Crippen molar-refractivity contribution in [3.05, 3.63) is 29.6 Å². The fourth-order valence-electron chi connectivity index (χ4n) is 2.84. The van der Waals surface area contributed by atoms with Gasteiger partial charge in [-0.05, 0) is 30.6 Å². The Morgan fingerprint density at radius 3 is 2.52 bits per heavy atom. The quantitative estimate of drug-likeness (QED) is 0.870. The molecule has 1 aliphatic rings. The molecule has 4 heteroatoms. The zero-order chi connectivity index (χ0) is 15.2. The molecule has 21 heavy (non-hydrogen) atoms. The Balaban J connectivity index is 2.07. The van der Waals surface area contributed by atoms with Gasteiger partial charge in [0.2, 0.25) is 0 Å². The smallest absolute Gasteiger partial charge is 0.146 e. The standard InChI is InChI=1S/C17H28FN3/c1-4-20-8-10-21(11-9-20)17-15(6-5-7-16(17)18)13-19-12-14(2)3/h5-7,14,19H,4,8-13H2,1-3H3. The summed E-state index contributed by atoms with van der Waals surface area (Å²) in [4.78, 5) is 4.61. The van der Waals surface area contributed by atoms with Gasteiger partial charge in [-0.1, -0.05) is 32.9 Å². The Morgan fingerprint density at radius 1 is 1.19 bits per heavy atom. The maximum atomic E-state index is 14.3. The minimum Gasteiger partial charge on any atom is -0.366 e. The normalized spacial score (nSPS) is 16.7. The monoisotopic (exact) mass is 293 g/mol. The first-order chi connectivity index (χ1) is 10.1. The lowest BCUT2D eigenvalue weighted by atomic mass is 10.1. The Hall–Kier alpha value is -1.13. The molecule has 0 atom stereocenters. The number of anilines is 1. The molecular formula is C17H28FN3. The van der Waals surface area contributed by atoms with E-state index >= 15 is 0 Å². The average Bonchev–Trinajstić information content (AvgIpc) is 2.47. The molecule has 0 aromatic heterocycles. The van der Waals surface area contributed by atoms with Crippen LogP contribution in [0.2, 0.25) is 0 Å². The van der Waals surface area contributed by atoms with Crippen molar-refractivity contribution in [2.75, 3.05) is 44.2 Å². The molecule has 1 fully saturated rings. The highest BCUT2D eigenvalue weighted by molar-refractivity contribution is 5.55. The molecule has 1 heterocycles. The summed E-state index contributed by atoms with van der Waals surface area (Å²) < 4.78 is 14.3. The van der Waals surface area contributed by atoms with E-state index in [1.165, 1.54) is 0 Å². The second-order valence-electron chi connectivity index (χ2n) is 6.19. The van der Waals surface area contributed by atoms with Gasteiger partial charge in [0.1, 0.15) is 5.82 Å². The highest BCUT2D eigenvalue weighted by Crippen LogP contribution is 2.25. The van der Waals surface area contributed by atoms with Crippen molar-refractivity contribution in [2.24, 2.45) is 5.92 Å². The summed E-state index contributed by atoms with van der Waals surface area (Å²) >= 11 is 0. The molecule has 118 valence electrons. The van der Waals surface area contributed by atoms with Crippen LogP contribution in [0.3, 0.4) is 0 Å². The molecule has 0 aliphatic carbocycles. The van der Waals surface area contributed by atoms with E-state index in [9.17, 15) is 4.39 Å². The molecule has 0 radical (unpaired) electrons. The maximum absolute atomic E-state index is 14.3. The van der Waals surface area contributed by atoms with Crippen LogP contribution in [0.25, 0.3) is 0 Å². The van der Waals surface area contributed by atoms with Gasteiger partial charge >= 0.3 is 0 Å². The predicted octanol–water partition coefficient (Wildman–Crippen LogP) is 2.71. The number of nitrogens with zero attached hydrogens (tertiary/aromatic N) is 2. The number of benzene rings is 1. The number of para-hydroxylation sites is 1. The summed E-state index contributed by atoms with van der Waals surface area (Å²) in [5.41, 5.74) is 1.87. The summed E-state index contributed by atoms with van der Waals surface area (Å²) in [7, 11) is 0. The van der Waals surface area contributed by atoms with Crippen LogP contribution >= 0.6 is 0 Å². The van der Waals surface area contributed by atoms with Crippen LogP contribution in [0.5, 0.6) is 0 Å². The molecule has 1 N–H and O–H groups in total. The van der Waals surface area contributed by atoms with Crippen molar-refractivity contribution >= 4 is 5.69 Å². The molecule has 1 aromatic carbocycles. The Morgan fingerprint density at radius 2 is 1.90 bits per heavy atom. The van der Waals surface area contributed by atoms with Crippen LogP contribution < -0.4 is 10.2 Å². The average molecular weight is 293 g/mol. The minimum absolute atomic E-state index is 0.0937.